The van der Waals surface area contributed by atoms with Crippen LogP contribution in [0.1, 0.15) is 20.3 Å². The number of phenolic OH excluding ortho intramolecular Hbond substituents is 1. The maximum Gasteiger partial charge on any atom is 0.175 e. The van der Waals surface area contributed by atoms with E-state index in [2.05, 4.69) is 23.9 Å². The van der Waals surface area contributed by atoms with Crippen LogP contribution in [0.3, 0.4) is 0 Å². The summed E-state index contributed by atoms with van der Waals surface area (Å²) in [6.45, 7) is 6.39. The Hall–Kier alpha value is -3.28. The van der Waals surface area contributed by atoms with Crippen molar-refractivity contribution in [3.05, 3.63) is 77.8 Å². The summed E-state index contributed by atoms with van der Waals surface area (Å²) in [6.07, 6.45) is 1.37. The van der Waals surface area contributed by atoms with Gasteiger partial charge in [-0.1, -0.05) is 54.0 Å². The Morgan fingerprint density at radius 2 is 1.71 bits per heavy atom. The van der Waals surface area contributed by atoms with E-state index in [1.807, 2.05) is 60.7 Å². The van der Waals surface area contributed by atoms with Gasteiger partial charge >= 0.3 is 0 Å². The number of hydrogen-bond donors (Lipinski definition) is 1. The Balaban J connectivity index is 1.47. The third-order valence-electron chi connectivity index (χ3n) is 6.49. The first-order valence-corrected chi connectivity index (χ1v) is 12.0. The van der Waals surface area contributed by atoms with Gasteiger partial charge in [0.25, 0.3) is 0 Å². The minimum atomic E-state index is 0.195. The van der Waals surface area contributed by atoms with Crippen molar-refractivity contribution < 1.29 is 14.4 Å². The largest absolute Gasteiger partial charge is 0.508 e. The molecule has 1 N–H and O–H groups in total. The highest BCUT2D eigenvalue weighted by molar-refractivity contribution is 6.33. The maximum absolute atomic E-state index is 9.72. The minimum Gasteiger partial charge on any atom is -0.508 e. The van der Waals surface area contributed by atoms with Gasteiger partial charge in [0.05, 0.1) is 10.6 Å². The summed E-state index contributed by atoms with van der Waals surface area (Å²) >= 11 is 6.50. The molecule has 0 amide bonds. The number of aromatic hydroxyl groups is 1. The molecule has 2 heterocycles. The number of ether oxygens (including phenoxy) is 1. The zero-order valence-electron chi connectivity index (χ0n) is 19.2. The number of nitrogens with zero attached hydrogens (tertiary/aromatic N) is 2. The van der Waals surface area contributed by atoms with E-state index in [1.165, 1.54) is 0 Å². The van der Waals surface area contributed by atoms with Gasteiger partial charge in [0.2, 0.25) is 0 Å². The quantitative estimate of drug-likeness (QED) is 0.316. The molecule has 4 aromatic rings. The molecule has 0 radical (unpaired) electrons. The SMILES string of the molecule is CCC(C)N1CC(Oc2ccc(-c3c(-c4ccccc4Cl)noc3-c3ccc(O)cc3)cc2)C1. The van der Waals surface area contributed by atoms with Gasteiger partial charge in [0, 0.05) is 30.3 Å². The average Bonchev–Trinajstić information content (AvgIpc) is 3.26. The van der Waals surface area contributed by atoms with Crippen molar-refractivity contribution in [1.82, 2.24) is 10.1 Å². The molecule has 0 bridgehead atoms. The van der Waals surface area contributed by atoms with Crippen LogP contribution in [0.15, 0.2) is 77.3 Å². The molecule has 1 atom stereocenters. The Morgan fingerprint density at radius 1 is 1.03 bits per heavy atom. The molecule has 1 unspecified atom stereocenters. The van der Waals surface area contributed by atoms with Crippen molar-refractivity contribution in [1.29, 1.82) is 0 Å². The fraction of sp³-hybridized carbons (Fsp3) is 0.250. The third-order valence-corrected chi connectivity index (χ3v) is 6.82. The highest BCUT2D eigenvalue weighted by Crippen LogP contribution is 2.42. The van der Waals surface area contributed by atoms with Crippen molar-refractivity contribution >= 4 is 11.6 Å². The molecule has 3 aromatic carbocycles. The molecule has 1 fully saturated rings. The fourth-order valence-electron chi connectivity index (χ4n) is 4.26. The van der Waals surface area contributed by atoms with Crippen LogP contribution < -0.4 is 4.74 Å². The van der Waals surface area contributed by atoms with E-state index >= 15 is 0 Å². The van der Waals surface area contributed by atoms with Gasteiger partial charge in [-0.2, -0.15) is 0 Å². The van der Waals surface area contributed by atoms with Crippen LogP contribution in [-0.2, 0) is 0 Å². The topological polar surface area (TPSA) is 58.7 Å². The fourth-order valence-corrected chi connectivity index (χ4v) is 4.48. The third kappa shape index (κ3) is 4.41. The number of hydrogen-bond acceptors (Lipinski definition) is 5. The lowest BCUT2D eigenvalue weighted by Gasteiger charge is -2.42. The molecular formula is C28H27ClN2O3. The predicted molar refractivity (Wildman–Crippen MR) is 135 cm³/mol. The average molecular weight is 475 g/mol. The number of benzene rings is 3. The van der Waals surface area contributed by atoms with E-state index in [0.717, 1.165) is 47.5 Å². The predicted octanol–water partition coefficient (Wildman–Crippen LogP) is 6.90. The monoisotopic (exact) mass is 474 g/mol. The van der Waals surface area contributed by atoms with Gasteiger partial charge in [0.15, 0.2) is 5.76 Å². The second-order valence-electron chi connectivity index (χ2n) is 8.74. The van der Waals surface area contributed by atoms with E-state index in [1.54, 1.807) is 12.1 Å². The standard InChI is InChI=1S/C28H27ClN2O3/c1-3-18(2)31-16-23(17-31)33-22-14-10-19(11-15-22)26-27(24-6-4-5-7-25(24)29)30-34-28(26)20-8-12-21(32)13-9-20/h4-15,18,23,32H,3,16-17H2,1-2H3. The molecule has 174 valence electrons. The van der Waals surface area contributed by atoms with Gasteiger partial charge in [-0.05, 0) is 61.4 Å². The molecule has 6 heteroatoms. The van der Waals surface area contributed by atoms with Crippen LogP contribution >= 0.6 is 11.6 Å². The van der Waals surface area contributed by atoms with Crippen LogP contribution in [0.5, 0.6) is 11.5 Å². The molecule has 1 saturated heterocycles. The lowest BCUT2D eigenvalue weighted by atomic mass is 9.96. The number of phenols is 1. The highest BCUT2D eigenvalue weighted by atomic mass is 35.5. The van der Waals surface area contributed by atoms with E-state index < -0.39 is 0 Å². The van der Waals surface area contributed by atoms with E-state index in [0.29, 0.717) is 22.5 Å². The lowest BCUT2D eigenvalue weighted by Crippen LogP contribution is -2.56. The molecule has 34 heavy (non-hydrogen) atoms. The molecule has 5 nitrogen and oxygen atoms in total. The summed E-state index contributed by atoms with van der Waals surface area (Å²) in [7, 11) is 0. The van der Waals surface area contributed by atoms with Crippen LogP contribution in [-0.4, -0.2) is 40.4 Å². The summed E-state index contributed by atoms with van der Waals surface area (Å²) < 4.78 is 12.0. The summed E-state index contributed by atoms with van der Waals surface area (Å²) in [6, 6.07) is 23.1. The molecule has 0 aliphatic carbocycles. The number of halogens is 1. The summed E-state index contributed by atoms with van der Waals surface area (Å²) in [5.74, 6) is 1.66. The first kappa shape index (κ1) is 22.5. The van der Waals surface area contributed by atoms with Crippen LogP contribution in [0.25, 0.3) is 33.7 Å². The minimum absolute atomic E-state index is 0.195. The van der Waals surface area contributed by atoms with Crippen molar-refractivity contribution in [3.8, 4) is 45.2 Å². The van der Waals surface area contributed by atoms with Crippen molar-refractivity contribution in [2.24, 2.45) is 0 Å². The molecule has 5 rings (SSSR count). The maximum atomic E-state index is 9.72. The number of rotatable bonds is 7. The Bertz CT molecular complexity index is 1260. The van der Waals surface area contributed by atoms with Crippen molar-refractivity contribution in [3.63, 3.8) is 0 Å². The summed E-state index contributed by atoms with van der Waals surface area (Å²) in [4.78, 5) is 2.44. The Kier molecular flexibility index (Phi) is 6.31. The zero-order chi connectivity index (χ0) is 23.7. The Morgan fingerprint density at radius 3 is 2.38 bits per heavy atom. The second-order valence-corrected chi connectivity index (χ2v) is 9.14. The molecule has 1 aromatic heterocycles. The van der Waals surface area contributed by atoms with E-state index in [-0.39, 0.29) is 11.9 Å². The van der Waals surface area contributed by atoms with Crippen LogP contribution in [0, 0.1) is 0 Å². The first-order chi connectivity index (χ1) is 16.5. The smallest absolute Gasteiger partial charge is 0.175 e. The van der Waals surface area contributed by atoms with Gasteiger partial charge < -0.3 is 14.4 Å². The zero-order valence-corrected chi connectivity index (χ0v) is 20.0. The van der Waals surface area contributed by atoms with Crippen LogP contribution in [0.4, 0.5) is 0 Å². The molecule has 0 saturated carbocycles. The van der Waals surface area contributed by atoms with Gasteiger partial charge in [-0.15, -0.1) is 0 Å². The number of aromatic nitrogens is 1. The molecular weight excluding hydrogens is 448 g/mol. The summed E-state index contributed by atoms with van der Waals surface area (Å²) in [5, 5.41) is 14.7. The van der Waals surface area contributed by atoms with E-state index in [9.17, 15) is 5.11 Å². The molecule has 0 spiro atoms. The Labute approximate surface area is 204 Å². The first-order valence-electron chi connectivity index (χ1n) is 11.6. The molecule has 1 aliphatic rings. The summed E-state index contributed by atoms with van der Waals surface area (Å²) in [5.41, 5.74) is 4.08. The normalized spacial score (nSPS) is 15.1. The highest BCUT2D eigenvalue weighted by Gasteiger charge is 2.31. The van der Waals surface area contributed by atoms with Crippen LogP contribution in [0.2, 0.25) is 5.02 Å². The molecule has 1 aliphatic heterocycles. The van der Waals surface area contributed by atoms with Gasteiger partial charge in [0.1, 0.15) is 23.3 Å². The number of likely N-dealkylation sites (tertiary alicyclic amines) is 1. The van der Waals surface area contributed by atoms with Gasteiger partial charge in [-0.3, -0.25) is 4.90 Å². The second kappa shape index (κ2) is 9.53. The van der Waals surface area contributed by atoms with Crippen molar-refractivity contribution in [2.75, 3.05) is 13.1 Å². The van der Waals surface area contributed by atoms with Crippen molar-refractivity contribution in [2.45, 2.75) is 32.4 Å². The lowest BCUT2D eigenvalue weighted by molar-refractivity contribution is -0.00530. The van der Waals surface area contributed by atoms with E-state index in [4.69, 9.17) is 20.9 Å². The van der Waals surface area contributed by atoms with Gasteiger partial charge in [-0.25, -0.2) is 0 Å².